The highest BCUT2D eigenvalue weighted by atomic mass is 16.3. The van der Waals surface area contributed by atoms with E-state index in [1.54, 1.807) is 0 Å². The van der Waals surface area contributed by atoms with Crippen LogP contribution in [0.15, 0.2) is 0 Å². The number of aliphatic hydroxyl groups is 1. The van der Waals surface area contributed by atoms with E-state index < -0.39 is 0 Å². The van der Waals surface area contributed by atoms with Crippen LogP contribution in [0, 0.1) is 5.92 Å². The van der Waals surface area contributed by atoms with Crippen molar-refractivity contribution >= 4 is 0 Å². The van der Waals surface area contributed by atoms with Gasteiger partial charge in [-0.15, -0.1) is 0 Å². The number of piperidine rings is 1. The Morgan fingerprint density at radius 1 is 1.55 bits per heavy atom. The molecule has 0 bridgehead atoms. The van der Waals surface area contributed by atoms with Crippen molar-refractivity contribution in [1.29, 1.82) is 0 Å². The minimum atomic E-state index is -0.170. The van der Waals surface area contributed by atoms with Crippen LogP contribution in [0.5, 0.6) is 0 Å². The van der Waals surface area contributed by atoms with Gasteiger partial charge in [0.2, 0.25) is 0 Å². The maximum absolute atomic E-state index is 9.74. The summed E-state index contributed by atoms with van der Waals surface area (Å²) in [6.07, 6.45) is 1.88. The summed E-state index contributed by atoms with van der Waals surface area (Å²) in [4.78, 5) is 0. The summed E-state index contributed by atoms with van der Waals surface area (Å²) in [6, 6.07) is 0. The highest BCUT2D eigenvalue weighted by Crippen LogP contribution is 2.26. The van der Waals surface area contributed by atoms with Gasteiger partial charge in [-0.3, -0.25) is 0 Å². The lowest BCUT2D eigenvalue weighted by molar-refractivity contribution is 0.0137. The Kier molecular flexibility index (Phi) is 2.55. The van der Waals surface area contributed by atoms with E-state index in [9.17, 15) is 5.11 Å². The first kappa shape index (κ1) is 9.01. The summed E-state index contributed by atoms with van der Waals surface area (Å²) in [7, 11) is 0. The van der Waals surface area contributed by atoms with E-state index in [1.165, 1.54) is 0 Å². The van der Waals surface area contributed by atoms with Gasteiger partial charge in [0.05, 0.1) is 6.10 Å². The molecule has 1 aliphatic rings. The molecule has 11 heavy (non-hydrogen) atoms. The van der Waals surface area contributed by atoms with Crippen molar-refractivity contribution in [2.75, 3.05) is 6.54 Å². The number of aliphatic hydroxyl groups excluding tert-OH is 1. The molecule has 1 saturated heterocycles. The van der Waals surface area contributed by atoms with Crippen LogP contribution in [0.3, 0.4) is 0 Å². The molecular weight excluding hydrogens is 138 g/mol. The average molecular weight is 157 g/mol. The molecule has 0 aliphatic carbocycles. The summed E-state index contributed by atoms with van der Waals surface area (Å²) in [5.41, 5.74) is -0.0573. The van der Waals surface area contributed by atoms with Gasteiger partial charge >= 0.3 is 0 Å². The first-order valence-corrected chi connectivity index (χ1v) is 4.50. The fraction of sp³-hybridized carbons (Fsp3) is 1.00. The van der Waals surface area contributed by atoms with Gasteiger partial charge in [-0.05, 0) is 32.2 Å². The Balaban J connectivity index is 2.64. The smallest absolute Gasteiger partial charge is 0.0722 e. The number of hydrogen-bond donors (Lipinski definition) is 2. The van der Waals surface area contributed by atoms with E-state index in [4.69, 9.17) is 0 Å². The summed E-state index contributed by atoms with van der Waals surface area (Å²) >= 11 is 0. The fourth-order valence-electron chi connectivity index (χ4n) is 1.66. The Hall–Kier alpha value is -0.0800. The molecule has 0 aromatic heterocycles. The molecule has 0 spiro atoms. The molecular formula is C9H19NO. The van der Waals surface area contributed by atoms with Crippen LogP contribution in [0.25, 0.3) is 0 Å². The first-order chi connectivity index (χ1) is 5.07. The number of nitrogens with one attached hydrogen (secondary N) is 1. The van der Waals surface area contributed by atoms with Crippen LogP contribution in [0.4, 0.5) is 0 Å². The van der Waals surface area contributed by atoms with Crippen LogP contribution in [0.2, 0.25) is 0 Å². The Bertz CT molecular complexity index is 136. The minimum Gasteiger partial charge on any atom is -0.391 e. The summed E-state index contributed by atoms with van der Waals surface area (Å²) < 4.78 is 0. The highest BCUT2D eigenvalue weighted by molar-refractivity contribution is 4.95. The van der Waals surface area contributed by atoms with Gasteiger partial charge in [0.1, 0.15) is 0 Å². The van der Waals surface area contributed by atoms with Crippen molar-refractivity contribution < 1.29 is 5.11 Å². The van der Waals surface area contributed by atoms with Crippen molar-refractivity contribution in [2.45, 2.75) is 45.3 Å². The molecule has 1 rings (SSSR count). The molecule has 2 heteroatoms. The normalized spacial score (nSPS) is 39.5. The molecule has 2 atom stereocenters. The molecule has 0 saturated carbocycles. The molecule has 0 amide bonds. The summed E-state index contributed by atoms with van der Waals surface area (Å²) in [6.45, 7) is 7.47. The lowest BCUT2D eigenvalue weighted by Crippen LogP contribution is -2.58. The number of hydrogen-bond acceptors (Lipinski definition) is 2. The SMILES string of the molecule is CC(C)C1(C)NCCCC1O. The van der Waals surface area contributed by atoms with Gasteiger partial charge < -0.3 is 10.4 Å². The van der Waals surface area contributed by atoms with E-state index in [0.717, 1.165) is 19.4 Å². The third kappa shape index (κ3) is 1.57. The Morgan fingerprint density at radius 3 is 2.55 bits per heavy atom. The van der Waals surface area contributed by atoms with Crippen LogP contribution in [0.1, 0.15) is 33.6 Å². The first-order valence-electron chi connectivity index (χ1n) is 4.50. The van der Waals surface area contributed by atoms with Crippen molar-refractivity contribution in [3.8, 4) is 0 Å². The minimum absolute atomic E-state index is 0.0573. The van der Waals surface area contributed by atoms with Crippen molar-refractivity contribution in [3.63, 3.8) is 0 Å². The van der Waals surface area contributed by atoms with E-state index in [2.05, 4.69) is 26.1 Å². The zero-order valence-corrected chi connectivity index (χ0v) is 7.72. The van der Waals surface area contributed by atoms with Crippen molar-refractivity contribution in [2.24, 2.45) is 5.92 Å². The van der Waals surface area contributed by atoms with E-state index in [0.29, 0.717) is 5.92 Å². The van der Waals surface area contributed by atoms with E-state index >= 15 is 0 Å². The molecule has 2 nitrogen and oxygen atoms in total. The van der Waals surface area contributed by atoms with Crippen molar-refractivity contribution in [3.05, 3.63) is 0 Å². The van der Waals surface area contributed by atoms with Gasteiger partial charge in [0.25, 0.3) is 0 Å². The zero-order valence-electron chi connectivity index (χ0n) is 7.72. The van der Waals surface area contributed by atoms with Gasteiger partial charge in [-0.25, -0.2) is 0 Å². The van der Waals surface area contributed by atoms with Crippen LogP contribution in [-0.2, 0) is 0 Å². The standard InChI is InChI=1S/C9H19NO/c1-7(2)9(3)8(11)5-4-6-10-9/h7-8,10-11H,4-6H2,1-3H3. The van der Waals surface area contributed by atoms with E-state index in [1.807, 2.05) is 0 Å². The maximum Gasteiger partial charge on any atom is 0.0722 e. The third-order valence-electron chi connectivity index (χ3n) is 3.05. The molecule has 0 radical (unpaired) electrons. The molecule has 66 valence electrons. The second-order valence-corrected chi connectivity index (χ2v) is 4.02. The molecule has 2 unspecified atom stereocenters. The van der Waals surface area contributed by atoms with Gasteiger partial charge in [-0.1, -0.05) is 13.8 Å². The van der Waals surface area contributed by atoms with E-state index in [-0.39, 0.29) is 11.6 Å². The van der Waals surface area contributed by atoms with Crippen LogP contribution >= 0.6 is 0 Å². The van der Waals surface area contributed by atoms with Crippen LogP contribution < -0.4 is 5.32 Å². The largest absolute Gasteiger partial charge is 0.391 e. The topological polar surface area (TPSA) is 32.3 Å². The molecule has 1 aliphatic heterocycles. The Labute approximate surface area is 69.0 Å². The second-order valence-electron chi connectivity index (χ2n) is 4.02. The summed E-state index contributed by atoms with van der Waals surface area (Å²) in [5, 5.41) is 13.1. The Morgan fingerprint density at radius 2 is 2.18 bits per heavy atom. The lowest BCUT2D eigenvalue weighted by Gasteiger charge is -2.42. The maximum atomic E-state index is 9.74. The van der Waals surface area contributed by atoms with Gasteiger partial charge in [-0.2, -0.15) is 0 Å². The molecule has 0 aromatic carbocycles. The molecule has 1 heterocycles. The zero-order chi connectivity index (χ0) is 8.48. The average Bonchev–Trinajstić information content (AvgIpc) is 1.95. The predicted molar refractivity (Wildman–Crippen MR) is 46.5 cm³/mol. The van der Waals surface area contributed by atoms with Gasteiger partial charge in [0, 0.05) is 5.54 Å². The molecule has 2 N–H and O–H groups in total. The fourth-order valence-corrected chi connectivity index (χ4v) is 1.66. The predicted octanol–water partition coefficient (Wildman–Crippen LogP) is 1.15. The van der Waals surface area contributed by atoms with Crippen molar-refractivity contribution in [1.82, 2.24) is 5.32 Å². The molecule has 0 aromatic rings. The number of rotatable bonds is 1. The second kappa shape index (κ2) is 3.11. The van der Waals surface area contributed by atoms with Gasteiger partial charge in [0.15, 0.2) is 0 Å². The quantitative estimate of drug-likeness (QED) is 0.598. The highest BCUT2D eigenvalue weighted by Gasteiger charge is 2.37. The third-order valence-corrected chi connectivity index (χ3v) is 3.05. The molecule has 1 fully saturated rings. The van der Waals surface area contributed by atoms with Crippen LogP contribution in [-0.4, -0.2) is 23.3 Å². The summed E-state index contributed by atoms with van der Waals surface area (Å²) in [5.74, 6) is 0.498. The monoisotopic (exact) mass is 157 g/mol. The lowest BCUT2D eigenvalue weighted by atomic mass is 9.79.